The number of rotatable bonds is 8. The van der Waals surface area contributed by atoms with Gasteiger partial charge >= 0.3 is 0 Å². The average molecular weight is 258 g/mol. The van der Waals surface area contributed by atoms with Gasteiger partial charge in [0.05, 0.1) is 6.10 Å². The molecule has 1 N–H and O–H groups in total. The number of aliphatic hydroxyl groups excluding tert-OH is 1. The number of unbranched alkanes of at least 4 members (excludes halogenated alkanes) is 1. The monoisotopic (exact) mass is 258 g/mol. The summed E-state index contributed by atoms with van der Waals surface area (Å²) in [4.78, 5) is 0. The van der Waals surface area contributed by atoms with Gasteiger partial charge in [0.2, 0.25) is 0 Å². The Kier molecular flexibility index (Phi) is 7.20. The molecule has 0 radical (unpaired) electrons. The molecule has 0 fully saturated rings. The van der Waals surface area contributed by atoms with Crippen LogP contribution in [0.3, 0.4) is 0 Å². The van der Waals surface area contributed by atoms with Crippen LogP contribution >= 0.6 is 0 Å². The van der Waals surface area contributed by atoms with Gasteiger partial charge in [-0.05, 0) is 31.7 Å². The molecular weight excluding hydrogens is 232 g/mol. The first-order valence-electron chi connectivity index (χ1n) is 7.20. The van der Waals surface area contributed by atoms with Crippen LogP contribution in [0.15, 0.2) is 54.6 Å². The van der Waals surface area contributed by atoms with E-state index in [0.717, 1.165) is 6.42 Å². The van der Waals surface area contributed by atoms with Crippen molar-refractivity contribution in [2.45, 2.75) is 51.6 Å². The van der Waals surface area contributed by atoms with Gasteiger partial charge in [0.25, 0.3) is 0 Å². The molecular formula is C18H26O. The second-order valence-electron chi connectivity index (χ2n) is 5.17. The number of aliphatic hydroxyl groups is 1. The molecule has 0 aromatic heterocycles. The molecule has 104 valence electrons. The number of hydrogen-bond acceptors (Lipinski definition) is 1. The van der Waals surface area contributed by atoms with Crippen LogP contribution in [-0.4, -0.2) is 11.2 Å². The van der Waals surface area contributed by atoms with E-state index in [-0.39, 0.29) is 12.0 Å². The molecule has 1 nitrogen and oxygen atoms in total. The highest BCUT2D eigenvalue weighted by atomic mass is 16.3. The molecule has 0 bridgehead atoms. The Bertz CT molecular complexity index is 391. The maximum Gasteiger partial charge on any atom is 0.0732 e. The molecule has 1 aromatic rings. The molecule has 0 aliphatic carbocycles. The van der Waals surface area contributed by atoms with Gasteiger partial charge in [0, 0.05) is 5.92 Å². The van der Waals surface area contributed by atoms with Gasteiger partial charge in [-0.25, -0.2) is 0 Å². The fraction of sp³-hybridized carbons (Fsp3) is 0.444. The summed E-state index contributed by atoms with van der Waals surface area (Å²) in [5.41, 5.74) is 2.50. The van der Waals surface area contributed by atoms with E-state index in [1.807, 2.05) is 30.4 Å². The molecule has 19 heavy (non-hydrogen) atoms. The molecule has 1 aromatic carbocycles. The standard InChI is InChI=1S/C18H26O/c1-4-6-10-15(3)13-18(19)14-16(5-2)17-11-8-7-9-12-17/h5,7-9,11-13,16,18-19H,2,4,6,10,14H2,1,3H3/b15-13+. The third-order valence-electron chi connectivity index (χ3n) is 3.41. The Balaban J connectivity index is 2.59. The topological polar surface area (TPSA) is 20.2 Å². The third kappa shape index (κ3) is 5.89. The number of benzene rings is 1. The van der Waals surface area contributed by atoms with Crippen LogP contribution in [-0.2, 0) is 0 Å². The first kappa shape index (κ1) is 15.7. The molecule has 0 saturated carbocycles. The highest BCUT2D eigenvalue weighted by Crippen LogP contribution is 2.23. The van der Waals surface area contributed by atoms with Crippen molar-refractivity contribution in [2.24, 2.45) is 0 Å². The zero-order valence-electron chi connectivity index (χ0n) is 12.2. The van der Waals surface area contributed by atoms with Crippen LogP contribution < -0.4 is 0 Å². The minimum Gasteiger partial charge on any atom is -0.389 e. The fourth-order valence-corrected chi connectivity index (χ4v) is 2.26. The van der Waals surface area contributed by atoms with E-state index in [9.17, 15) is 5.11 Å². The van der Waals surface area contributed by atoms with Gasteiger partial charge in [-0.3, -0.25) is 0 Å². The van der Waals surface area contributed by atoms with E-state index >= 15 is 0 Å². The highest BCUT2D eigenvalue weighted by Gasteiger charge is 2.11. The first-order valence-corrected chi connectivity index (χ1v) is 7.20. The summed E-state index contributed by atoms with van der Waals surface area (Å²) in [6, 6.07) is 10.2. The van der Waals surface area contributed by atoms with E-state index in [1.165, 1.54) is 24.0 Å². The Labute approximate surface area is 117 Å². The molecule has 0 saturated heterocycles. The minimum atomic E-state index is -0.389. The summed E-state index contributed by atoms with van der Waals surface area (Å²) in [5, 5.41) is 10.2. The predicted molar refractivity (Wildman–Crippen MR) is 83.3 cm³/mol. The van der Waals surface area contributed by atoms with Gasteiger partial charge in [-0.2, -0.15) is 0 Å². The van der Waals surface area contributed by atoms with Crippen molar-refractivity contribution in [3.05, 3.63) is 60.2 Å². The predicted octanol–water partition coefficient (Wildman–Crippen LogP) is 4.84. The van der Waals surface area contributed by atoms with Gasteiger partial charge in [0.15, 0.2) is 0 Å². The number of allylic oxidation sites excluding steroid dienone is 2. The van der Waals surface area contributed by atoms with Crippen molar-refractivity contribution in [2.75, 3.05) is 0 Å². The molecule has 2 atom stereocenters. The Hall–Kier alpha value is -1.34. The summed E-state index contributed by atoms with van der Waals surface area (Å²) in [6.45, 7) is 8.18. The summed E-state index contributed by atoms with van der Waals surface area (Å²) < 4.78 is 0. The molecule has 2 unspecified atom stereocenters. The van der Waals surface area contributed by atoms with Crippen LogP contribution in [0, 0.1) is 0 Å². The van der Waals surface area contributed by atoms with Gasteiger partial charge < -0.3 is 5.11 Å². The zero-order valence-corrected chi connectivity index (χ0v) is 12.2. The van der Waals surface area contributed by atoms with Gasteiger partial charge in [0.1, 0.15) is 0 Å². The molecule has 0 heterocycles. The average Bonchev–Trinajstić information content (AvgIpc) is 2.43. The third-order valence-corrected chi connectivity index (χ3v) is 3.41. The Morgan fingerprint density at radius 1 is 1.32 bits per heavy atom. The highest BCUT2D eigenvalue weighted by molar-refractivity contribution is 5.23. The maximum atomic E-state index is 10.2. The lowest BCUT2D eigenvalue weighted by atomic mass is 9.92. The van der Waals surface area contributed by atoms with Crippen LogP contribution in [0.1, 0.15) is 51.0 Å². The molecule has 0 amide bonds. The van der Waals surface area contributed by atoms with Gasteiger partial charge in [-0.15, -0.1) is 6.58 Å². The Morgan fingerprint density at radius 3 is 2.58 bits per heavy atom. The van der Waals surface area contributed by atoms with Crippen LogP contribution in [0.2, 0.25) is 0 Å². The summed E-state index contributed by atoms with van der Waals surface area (Å²) in [7, 11) is 0. The SMILES string of the molecule is C=CC(CC(O)/C=C(\C)CCCC)c1ccccc1. The minimum absolute atomic E-state index is 0.214. The van der Waals surface area contributed by atoms with Crippen molar-refractivity contribution < 1.29 is 5.11 Å². The van der Waals surface area contributed by atoms with Crippen molar-refractivity contribution >= 4 is 0 Å². The lowest BCUT2D eigenvalue weighted by Crippen LogP contribution is -2.09. The lowest BCUT2D eigenvalue weighted by molar-refractivity contribution is 0.206. The fourth-order valence-electron chi connectivity index (χ4n) is 2.26. The smallest absolute Gasteiger partial charge is 0.0732 e. The van der Waals surface area contributed by atoms with Crippen molar-refractivity contribution in [3.8, 4) is 0 Å². The van der Waals surface area contributed by atoms with E-state index in [2.05, 4.69) is 32.6 Å². The summed E-state index contributed by atoms with van der Waals surface area (Å²) in [6.07, 6.45) is 7.71. The first-order chi connectivity index (χ1) is 9.17. The molecule has 0 aliphatic rings. The van der Waals surface area contributed by atoms with Crippen molar-refractivity contribution in [1.29, 1.82) is 0 Å². The summed E-state index contributed by atoms with van der Waals surface area (Å²) in [5.74, 6) is 0.214. The lowest BCUT2D eigenvalue weighted by Gasteiger charge is -2.16. The van der Waals surface area contributed by atoms with Crippen LogP contribution in [0.4, 0.5) is 0 Å². The molecule has 0 aliphatic heterocycles. The van der Waals surface area contributed by atoms with E-state index in [4.69, 9.17) is 0 Å². The summed E-state index contributed by atoms with van der Waals surface area (Å²) >= 11 is 0. The zero-order chi connectivity index (χ0) is 14.1. The second-order valence-corrected chi connectivity index (χ2v) is 5.17. The van der Waals surface area contributed by atoms with E-state index in [1.54, 1.807) is 0 Å². The van der Waals surface area contributed by atoms with Crippen molar-refractivity contribution in [1.82, 2.24) is 0 Å². The van der Waals surface area contributed by atoms with E-state index < -0.39 is 0 Å². The number of hydrogen-bond donors (Lipinski definition) is 1. The largest absolute Gasteiger partial charge is 0.389 e. The normalized spacial score (nSPS) is 15.0. The van der Waals surface area contributed by atoms with Crippen LogP contribution in [0.5, 0.6) is 0 Å². The molecule has 0 spiro atoms. The van der Waals surface area contributed by atoms with Crippen molar-refractivity contribution in [3.63, 3.8) is 0 Å². The van der Waals surface area contributed by atoms with Crippen LogP contribution in [0.25, 0.3) is 0 Å². The van der Waals surface area contributed by atoms with Gasteiger partial charge in [-0.1, -0.05) is 61.4 Å². The molecule has 1 heteroatoms. The maximum absolute atomic E-state index is 10.2. The Morgan fingerprint density at radius 2 is 2.00 bits per heavy atom. The second kappa shape index (κ2) is 8.71. The quantitative estimate of drug-likeness (QED) is 0.661. The van der Waals surface area contributed by atoms with E-state index in [0.29, 0.717) is 6.42 Å². The molecule has 1 rings (SSSR count).